The van der Waals surface area contributed by atoms with Gasteiger partial charge < -0.3 is 5.11 Å². The minimum absolute atomic E-state index is 0.199. The van der Waals surface area contributed by atoms with Gasteiger partial charge in [-0.1, -0.05) is 37.3 Å². The molecule has 0 aliphatic heterocycles. The van der Waals surface area contributed by atoms with E-state index in [4.69, 9.17) is 9.97 Å². The first kappa shape index (κ1) is 27.5. The molecule has 1 unspecified atom stereocenters. The minimum Gasteiger partial charge on any atom is -0.480 e. The lowest BCUT2D eigenvalue weighted by Crippen LogP contribution is -2.42. The highest BCUT2D eigenvalue weighted by Crippen LogP contribution is 2.26. The van der Waals surface area contributed by atoms with Crippen LogP contribution in [0, 0.1) is 5.82 Å². The molecule has 0 bridgehead atoms. The van der Waals surface area contributed by atoms with E-state index in [0.29, 0.717) is 59.5 Å². The molecule has 8 nitrogen and oxygen atoms in total. The van der Waals surface area contributed by atoms with E-state index in [1.54, 1.807) is 35.3 Å². The number of aliphatic carboxylic acids is 1. The lowest BCUT2D eigenvalue weighted by Gasteiger charge is -2.23. The Morgan fingerprint density at radius 3 is 2.46 bits per heavy atom. The van der Waals surface area contributed by atoms with Crippen LogP contribution < -0.4 is 5.43 Å². The van der Waals surface area contributed by atoms with E-state index in [-0.39, 0.29) is 18.1 Å². The van der Waals surface area contributed by atoms with Gasteiger partial charge in [-0.2, -0.15) is 0 Å². The van der Waals surface area contributed by atoms with Gasteiger partial charge >= 0.3 is 5.97 Å². The number of aromatic nitrogens is 2. The minimum atomic E-state index is -1.03. The largest absolute Gasteiger partial charge is 0.480 e. The number of hydrogen-bond acceptors (Lipinski definition) is 6. The zero-order valence-electron chi connectivity index (χ0n) is 21.7. The van der Waals surface area contributed by atoms with Gasteiger partial charge in [0.05, 0.1) is 29.0 Å². The van der Waals surface area contributed by atoms with Crippen LogP contribution in [0.4, 0.5) is 4.39 Å². The number of fused-ring (bicyclic) bond motifs is 1. The monoisotopic (exact) mass is 527 g/mol. The average molecular weight is 528 g/mol. The molecule has 1 aromatic heterocycles. The van der Waals surface area contributed by atoms with Crippen molar-refractivity contribution < 1.29 is 19.1 Å². The van der Waals surface area contributed by atoms with Crippen molar-refractivity contribution in [3.8, 4) is 11.3 Å². The Morgan fingerprint density at radius 1 is 1.05 bits per heavy atom. The molecule has 1 atom stereocenters. The molecule has 200 valence electrons. The van der Waals surface area contributed by atoms with Gasteiger partial charge in [0.2, 0.25) is 0 Å². The molecule has 0 saturated carbocycles. The first-order valence-corrected chi connectivity index (χ1v) is 12.7. The summed E-state index contributed by atoms with van der Waals surface area (Å²) < 4.78 is 13.6. The van der Waals surface area contributed by atoms with Crippen molar-refractivity contribution in [1.82, 2.24) is 20.4 Å². The Bertz CT molecular complexity index is 1460. The molecule has 0 saturated heterocycles. The predicted molar refractivity (Wildman–Crippen MR) is 149 cm³/mol. The molecule has 1 amide bonds. The van der Waals surface area contributed by atoms with Crippen molar-refractivity contribution in [2.24, 2.45) is 4.99 Å². The smallest absolute Gasteiger partial charge is 0.328 e. The number of carboxylic acids is 1. The number of carbonyl (C=O) groups excluding carboxylic acids is 1. The van der Waals surface area contributed by atoms with E-state index in [9.17, 15) is 19.1 Å². The van der Waals surface area contributed by atoms with Crippen molar-refractivity contribution in [2.45, 2.75) is 38.8 Å². The first-order valence-electron chi connectivity index (χ1n) is 12.7. The van der Waals surface area contributed by atoms with E-state index in [1.807, 2.05) is 37.3 Å². The Hall–Kier alpha value is -4.50. The molecule has 9 heteroatoms. The summed E-state index contributed by atoms with van der Waals surface area (Å²) in [5, 5.41) is 10.9. The summed E-state index contributed by atoms with van der Waals surface area (Å²) in [5.74, 6) is -1.59. The van der Waals surface area contributed by atoms with Crippen molar-refractivity contribution >= 4 is 29.6 Å². The number of amides is 1. The lowest BCUT2D eigenvalue weighted by atomic mass is 10.0. The van der Waals surface area contributed by atoms with E-state index in [1.165, 1.54) is 12.1 Å². The fraction of sp³-hybridized carbons (Fsp3) is 0.233. The number of benzene rings is 3. The summed E-state index contributed by atoms with van der Waals surface area (Å²) in [6.07, 6.45) is 1.19. The van der Waals surface area contributed by atoms with Gasteiger partial charge in [-0.3, -0.25) is 14.8 Å². The van der Waals surface area contributed by atoms with Gasteiger partial charge in [0.25, 0.3) is 5.91 Å². The second kappa shape index (κ2) is 12.8. The van der Waals surface area contributed by atoms with Crippen LogP contribution in [0.25, 0.3) is 22.3 Å². The number of hydrazine groups is 1. The zero-order chi connectivity index (χ0) is 27.8. The van der Waals surface area contributed by atoms with E-state index < -0.39 is 12.0 Å². The molecule has 4 aromatic rings. The van der Waals surface area contributed by atoms with Gasteiger partial charge in [-0.15, -0.1) is 0 Å². The molecule has 0 radical (unpaired) electrons. The highest BCUT2D eigenvalue weighted by molar-refractivity contribution is 5.97. The number of nitrogens with one attached hydrogen (secondary N) is 1. The van der Waals surface area contributed by atoms with E-state index >= 15 is 0 Å². The lowest BCUT2D eigenvalue weighted by molar-refractivity contribution is -0.138. The summed E-state index contributed by atoms with van der Waals surface area (Å²) >= 11 is 0. The molecule has 39 heavy (non-hydrogen) atoms. The molecular weight excluding hydrogens is 497 g/mol. The van der Waals surface area contributed by atoms with Gasteiger partial charge in [0.15, 0.2) is 0 Å². The Balaban J connectivity index is 1.67. The topological polar surface area (TPSA) is 108 Å². The maximum atomic E-state index is 13.6. The molecule has 0 spiro atoms. The van der Waals surface area contributed by atoms with Crippen molar-refractivity contribution in [2.75, 3.05) is 6.54 Å². The quantitative estimate of drug-likeness (QED) is 0.197. The normalized spacial score (nSPS) is 11.7. The summed E-state index contributed by atoms with van der Waals surface area (Å²) in [6.45, 7) is 6.27. The van der Waals surface area contributed by atoms with Gasteiger partial charge in [-0.05, 0) is 74.0 Å². The number of aliphatic imine (C=N–C) groups is 1. The summed E-state index contributed by atoms with van der Waals surface area (Å²) in [5.41, 5.74) is 7.60. The fourth-order valence-corrected chi connectivity index (χ4v) is 4.31. The van der Waals surface area contributed by atoms with Crippen LogP contribution in [0.15, 0.2) is 77.8 Å². The average Bonchev–Trinajstić information content (AvgIpc) is 2.95. The molecule has 4 rings (SSSR count). The molecule has 0 fully saturated rings. The van der Waals surface area contributed by atoms with Gasteiger partial charge in [-0.25, -0.2) is 24.6 Å². The van der Waals surface area contributed by atoms with Crippen molar-refractivity contribution in [1.29, 1.82) is 0 Å². The summed E-state index contributed by atoms with van der Waals surface area (Å²) in [4.78, 5) is 38.1. The van der Waals surface area contributed by atoms with E-state index in [2.05, 4.69) is 17.1 Å². The Kier molecular flexibility index (Phi) is 9.06. The SMILES string of the molecule is C=NC(CCCc1nc2cc(C(=O)N(Cc3ccccc3)NCC)ccc2nc1-c1ccc(F)cc1)C(=O)O. The molecular formula is C30H30FN5O3. The number of carboxylic acid groups (broad SMARTS) is 1. The third kappa shape index (κ3) is 6.88. The highest BCUT2D eigenvalue weighted by atomic mass is 19.1. The van der Waals surface area contributed by atoms with Crippen LogP contribution in [0.3, 0.4) is 0 Å². The predicted octanol–water partition coefficient (Wildman–Crippen LogP) is 5.08. The summed E-state index contributed by atoms with van der Waals surface area (Å²) in [6, 6.07) is 20.0. The number of rotatable bonds is 12. The van der Waals surface area contributed by atoms with Crippen LogP contribution in [0.2, 0.25) is 0 Å². The first-order chi connectivity index (χ1) is 18.9. The third-order valence-electron chi connectivity index (χ3n) is 6.28. The second-order valence-electron chi connectivity index (χ2n) is 9.05. The number of carbonyl (C=O) groups is 2. The maximum Gasteiger partial charge on any atom is 0.328 e. The van der Waals surface area contributed by atoms with Crippen LogP contribution in [0.1, 0.15) is 41.4 Å². The molecule has 0 aliphatic rings. The Morgan fingerprint density at radius 2 is 1.79 bits per heavy atom. The summed E-state index contributed by atoms with van der Waals surface area (Å²) in [7, 11) is 0. The second-order valence-corrected chi connectivity index (χ2v) is 9.05. The molecule has 1 heterocycles. The molecule has 3 aromatic carbocycles. The fourth-order valence-electron chi connectivity index (χ4n) is 4.31. The highest BCUT2D eigenvalue weighted by Gasteiger charge is 2.19. The van der Waals surface area contributed by atoms with Crippen LogP contribution >= 0.6 is 0 Å². The van der Waals surface area contributed by atoms with Crippen molar-refractivity contribution in [3.63, 3.8) is 0 Å². The van der Waals surface area contributed by atoms with Crippen LogP contribution in [0.5, 0.6) is 0 Å². The van der Waals surface area contributed by atoms with Gasteiger partial charge in [0, 0.05) is 17.7 Å². The zero-order valence-corrected chi connectivity index (χ0v) is 21.7. The standard InChI is InChI=1S/C30H30FN5O3/c1-3-33-36(19-20-8-5-4-6-9-20)29(37)22-14-17-24-27(18-22)34-25(10-7-11-26(32-2)30(38)39)28(35-24)21-12-15-23(31)16-13-21/h4-6,8-9,12-18,26,33H,2-3,7,10-11,19H2,1H3,(H,38,39). The Labute approximate surface area is 226 Å². The third-order valence-corrected chi connectivity index (χ3v) is 6.28. The number of halogens is 1. The van der Waals surface area contributed by atoms with Crippen molar-refractivity contribution in [3.05, 3.63) is 95.4 Å². The van der Waals surface area contributed by atoms with E-state index in [0.717, 1.165) is 5.56 Å². The maximum absolute atomic E-state index is 13.6. The number of hydrogen-bond donors (Lipinski definition) is 2. The molecule has 0 aliphatic carbocycles. The molecule has 2 N–H and O–H groups in total. The van der Waals surface area contributed by atoms with Crippen LogP contribution in [-0.2, 0) is 17.8 Å². The number of nitrogens with zero attached hydrogens (tertiary/aromatic N) is 4. The van der Waals surface area contributed by atoms with Crippen LogP contribution in [-0.4, -0.2) is 51.3 Å². The number of aryl methyl sites for hydroxylation is 1. The van der Waals surface area contributed by atoms with Gasteiger partial charge in [0.1, 0.15) is 11.9 Å².